The number of hydrogen-bond acceptors (Lipinski definition) is 5. The maximum Gasteiger partial charge on any atom is 0.291 e. The molecule has 0 aliphatic rings. The number of anilines is 1. The van der Waals surface area contributed by atoms with Crippen molar-refractivity contribution in [2.24, 2.45) is 0 Å². The van der Waals surface area contributed by atoms with Gasteiger partial charge in [0.25, 0.3) is 11.5 Å². The third-order valence-corrected chi connectivity index (χ3v) is 4.84. The first kappa shape index (κ1) is 18.6. The van der Waals surface area contributed by atoms with E-state index in [2.05, 4.69) is 5.32 Å². The molecule has 1 aromatic carbocycles. The van der Waals surface area contributed by atoms with Crippen molar-refractivity contribution in [3.8, 4) is 0 Å². The van der Waals surface area contributed by atoms with E-state index in [0.29, 0.717) is 5.76 Å². The van der Waals surface area contributed by atoms with Crippen LogP contribution in [0.5, 0.6) is 0 Å². The van der Waals surface area contributed by atoms with Crippen LogP contribution in [-0.2, 0) is 16.4 Å². The number of nitrogens with one attached hydrogen (secondary N) is 1. The molecule has 0 saturated carbocycles. The summed E-state index contributed by atoms with van der Waals surface area (Å²) in [5.41, 5.74) is -0.500. The molecule has 1 amide bonds. The molecular weight excluding hydrogens is 375 g/mol. The van der Waals surface area contributed by atoms with Gasteiger partial charge in [0.2, 0.25) is 0 Å². The summed E-state index contributed by atoms with van der Waals surface area (Å²) < 4.78 is 43.8. The molecule has 0 saturated heterocycles. The van der Waals surface area contributed by atoms with Crippen LogP contribution in [0, 0.1) is 5.82 Å². The molecule has 9 heteroatoms. The second-order valence-corrected chi connectivity index (χ2v) is 7.82. The predicted octanol–water partition coefficient (Wildman–Crippen LogP) is 2.28. The molecule has 0 atom stereocenters. The maximum atomic E-state index is 13.9. The Morgan fingerprint density at radius 2 is 1.96 bits per heavy atom. The molecule has 1 N–H and O–H groups in total. The Hall–Kier alpha value is -3.20. The number of pyridine rings is 1. The molecule has 7 nitrogen and oxygen atoms in total. The van der Waals surface area contributed by atoms with E-state index >= 15 is 0 Å². The van der Waals surface area contributed by atoms with Gasteiger partial charge in [-0.1, -0.05) is 6.07 Å². The molecule has 3 aromatic rings. The van der Waals surface area contributed by atoms with E-state index in [1.165, 1.54) is 22.8 Å². The number of sulfone groups is 1. The summed E-state index contributed by atoms with van der Waals surface area (Å²) in [6.45, 7) is 0.130. The number of hydrogen-bond donors (Lipinski definition) is 1. The molecule has 0 aliphatic heterocycles. The van der Waals surface area contributed by atoms with Gasteiger partial charge < -0.3 is 14.3 Å². The van der Waals surface area contributed by atoms with E-state index in [4.69, 9.17) is 4.42 Å². The normalized spacial score (nSPS) is 11.3. The number of amides is 1. The number of carbonyl (C=O) groups is 1. The Bertz CT molecular complexity index is 1160. The molecule has 0 spiro atoms. The van der Waals surface area contributed by atoms with Crippen LogP contribution in [-0.4, -0.2) is 25.1 Å². The zero-order valence-electron chi connectivity index (χ0n) is 14.2. The highest BCUT2D eigenvalue weighted by molar-refractivity contribution is 7.90. The van der Waals surface area contributed by atoms with Crippen molar-refractivity contribution in [1.82, 2.24) is 4.57 Å². The topological polar surface area (TPSA) is 98.4 Å². The predicted molar refractivity (Wildman–Crippen MR) is 96.0 cm³/mol. The van der Waals surface area contributed by atoms with E-state index < -0.39 is 21.6 Å². The van der Waals surface area contributed by atoms with Crippen LogP contribution in [0.25, 0.3) is 0 Å². The van der Waals surface area contributed by atoms with Crippen LogP contribution in [0.15, 0.2) is 68.8 Å². The summed E-state index contributed by atoms with van der Waals surface area (Å²) in [6.07, 6.45) is 2.56. The lowest BCUT2D eigenvalue weighted by Crippen LogP contribution is -2.18. The summed E-state index contributed by atoms with van der Waals surface area (Å²) in [5, 5.41) is 2.29. The van der Waals surface area contributed by atoms with E-state index in [1.54, 1.807) is 18.3 Å². The molecule has 2 heterocycles. The van der Waals surface area contributed by atoms with E-state index in [1.807, 2.05) is 0 Å². The third-order valence-electron chi connectivity index (χ3n) is 3.72. The minimum absolute atomic E-state index is 0.0989. The first-order chi connectivity index (χ1) is 12.7. The molecule has 3 rings (SSSR count). The molecular formula is C18H15FN2O5S. The van der Waals surface area contributed by atoms with Crippen molar-refractivity contribution in [1.29, 1.82) is 0 Å². The van der Waals surface area contributed by atoms with Crippen LogP contribution in [0.1, 0.15) is 16.3 Å². The standard InChI is InChI=1S/C18H15FN2O5S/c1-27(24,25)13-6-7-14(19)15(10-13)20-18(23)16-8-5-12(26-16)11-21-9-3-2-4-17(21)22/h2-10H,11H2,1H3,(H,20,23). The zero-order chi connectivity index (χ0) is 19.6. The molecule has 0 bridgehead atoms. The van der Waals surface area contributed by atoms with Crippen LogP contribution in [0.3, 0.4) is 0 Å². The Morgan fingerprint density at radius 3 is 2.67 bits per heavy atom. The van der Waals surface area contributed by atoms with E-state index in [-0.39, 0.29) is 28.4 Å². The largest absolute Gasteiger partial charge is 0.454 e. The average molecular weight is 390 g/mol. The third kappa shape index (κ3) is 4.32. The van der Waals surface area contributed by atoms with Crippen LogP contribution < -0.4 is 10.9 Å². The highest BCUT2D eigenvalue weighted by Crippen LogP contribution is 2.21. The summed E-state index contributed by atoms with van der Waals surface area (Å²) in [6, 6.07) is 10.7. The molecule has 0 fully saturated rings. The van der Waals surface area contributed by atoms with Gasteiger partial charge >= 0.3 is 0 Å². The highest BCUT2D eigenvalue weighted by Gasteiger charge is 2.16. The van der Waals surface area contributed by atoms with Crippen molar-refractivity contribution in [3.05, 3.63) is 82.4 Å². The SMILES string of the molecule is CS(=O)(=O)c1ccc(F)c(NC(=O)c2ccc(Cn3ccccc3=O)o2)c1. The lowest BCUT2D eigenvalue weighted by Gasteiger charge is -2.07. The monoisotopic (exact) mass is 390 g/mol. The minimum atomic E-state index is -3.55. The molecule has 0 radical (unpaired) electrons. The molecule has 140 valence electrons. The lowest BCUT2D eigenvalue weighted by atomic mass is 10.3. The Kier molecular flexibility index (Phi) is 4.95. The van der Waals surface area contributed by atoms with Crippen molar-refractivity contribution < 1.29 is 22.0 Å². The number of nitrogens with zero attached hydrogens (tertiary/aromatic N) is 1. The van der Waals surface area contributed by atoms with Gasteiger partial charge in [0.1, 0.15) is 11.6 Å². The quantitative estimate of drug-likeness (QED) is 0.674. The van der Waals surface area contributed by atoms with Gasteiger partial charge in [0.15, 0.2) is 15.6 Å². The maximum absolute atomic E-state index is 13.9. The number of halogens is 1. The number of furan rings is 1. The smallest absolute Gasteiger partial charge is 0.291 e. The van der Waals surface area contributed by atoms with E-state index in [9.17, 15) is 22.4 Å². The lowest BCUT2D eigenvalue weighted by molar-refractivity contribution is 0.0994. The Morgan fingerprint density at radius 1 is 1.19 bits per heavy atom. The zero-order valence-corrected chi connectivity index (χ0v) is 15.0. The van der Waals surface area contributed by atoms with E-state index in [0.717, 1.165) is 24.5 Å². The molecule has 0 aliphatic carbocycles. The van der Waals surface area contributed by atoms with Crippen LogP contribution in [0.2, 0.25) is 0 Å². The minimum Gasteiger partial charge on any atom is -0.454 e. The van der Waals surface area contributed by atoms with Gasteiger partial charge in [-0.3, -0.25) is 9.59 Å². The highest BCUT2D eigenvalue weighted by atomic mass is 32.2. The first-order valence-electron chi connectivity index (χ1n) is 7.79. The number of carbonyl (C=O) groups excluding carboxylic acids is 1. The van der Waals surface area contributed by atoms with Gasteiger partial charge in [-0.25, -0.2) is 12.8 Å². The average Bonchev–Trinajstić information content (AvgIpc) is 3.06. The summed E-state index contributed by atoms with van der Waals surface area (Å²) >= 11 is 0. The fraction of sp³-hybridized carbons (Fsp3) is 0.111. The van der Waals surface area contributed by atoms with Crippen molar-refractivity contribution in [2.45, 2.75) is 11.4 Å². The molecule has 2 aromatic heterocycles. The molecule has 27 heavy (non-hydrogen) atoms. The second kappa shape index (κ2) is 7.20. The van der Waals surface area contributed by atoms with Crippen molar-refractivity contribution in [2.75, 3.05) is 11.6 Å². The van der Waals surface area contributed by atoms with Crippen LogP contribution in [0.4, 0.5) is 10.1 Å². The van der Waals surface area contributed by atoms with Crippen molar-refractivity contribution in [3.63, 3.8) is 0 Å². The van der Waals surface area contributed by atoms with Crippen LogP contribution >= 0.6 is 0 Å². The fourth-order valence-electron chi connectivity index (χ4n) is 2.36. The Labute approximate surface area is 154 Å². The molecule has 0 unspecified atom stereocenters. The Balaban J connectivity index is 1.79. The number of benzene rings is 1. The van der Waals surface area contributed by atoms with Gasteiger partial charge in [0, 0.05) is 18.5 Å². The first-order valence-corrected chi connectivity index (χ1v) is 9.68. The van der Waals surface area contributed by atoms with Gasteiger partial charge in [-0.15, -0.1) is 0 Å². The fourth-order valence-corrected chi connectivity index (χ4v) is 3.01. The van der Waals surface area contributed by atoms with Gasteiger partial charge in [-0.2, -0.15) is 0 Å². The van der Waals surface area contributed by atoms with Gasteiger partial charge in [0.05, 0.1) is 17.1 Å². The summed E-state index contributed by atoms with van der Waals surface area (Å²) in [5.74, 6) is -1.26. The summed E-state index contributed by atoms with van der Waals surface area (Å²) in [4.78, 5) is 23.9. The second-order valence-electron chi connectivity index (χ2n) is 5.80. The summed E-state index contributed by atoms with van der Waals surface area (Å²) in [7, 11) is -3.55. The number of aromatic nitrogens is 1. The van der Waals surface area contributed by atoms with Crippen molar-refractivity contribution >= 4 is 21.4 Å². The number of rotatable bonds is 5. The van der Waals surface area contributed by atoms with Gasteiger partial charge in [-0.05, 0) is 36.4 Å².